The molecule has 0 amide bonds. The van der Waals surface area contributed by atoms with Crippen LogP contribution in [0.2, 0.25) is 0 Å². The zero-order valence-corrected chi connectivity index (χ0v) is 12.9. The van der Waals surface area contributed by atoms with Crippen LogP contribution in [0.15, 0.2) is 30.3 Å². The number of aromatic nitrogens is 2. The van der Waals surface area contributed by atoms with Crippen molar-refractivity contribution in [2.75, 3.05) is 10.6 Å². The minimum absolute atomic E-state index is 0.204. The molecular weight excluding hydrogens is 280 g/mol. The molecule has 0 fully saturated rings. The molecule has 3 N–H and O–H groups in total. The lowest BCUT2D eigenvalue weighted by Gasteiger charge is -2.14. The molecule has 1 aromatic carbocycles. The first-order valence-electron chi connectivity index (χ1n) is 7.21. The van der Waals surface area contributed by atoms with Crippen molar-refractivity contribution in [3.05, 3.63) is 41.6 Å². The van der Waals surface area contributed by atoms with Crippen LogP contribution < -0.4 is 10.6 Å². The number of aromatic carboxylic acids is 1. The van der Waals surface area contributed by atoms with E-state index in [2.05, 4.69) is 34.4 Å². The maximum absolute atomic E-state index is 11.2. The topological polar surface area (TPSA) is 87.1 Å². The van der Waals surface area contributed by atoms with Crippen molar-refractivity contribution in [3.63, 3.8) is 0 Å². The molecule has 6 heteroatoms. The number of anilines is 3. The molecule has 1 unspecified atom stereocenters. The Morgan fingerprint density at radius 1 is 1.32 bits per heavy atom. The second kappa shape index (κ2) is 6.89. The van der Waals surface area contributed by atoms with Gasteiger partial charge in [0.2, 0.25) is 5.95 Å². The fraction of sp³-hybridized carbons (Fsp3) is 0.312. The van der Waals surface area contributed by atoms with Gasteiger partial charge < -0.3 is 15.7 Å². The lowest BCUT2D eigenvalue weighted by molar-refractivity contribution is 0.0698. The van der Waals surface area contributed by atoms with Gasteiger partial charge in [0, 0.05) is 17.8 Å². The molecule has 0 spiro atoms. The van der Waals surface area contributed by atoms with E-state index in [4.69, 9.17) is 0 Å². The first kappa shape index (κ1) is 15.8. The average molecular weight is 300 g/mol. The number of aryl methyl sites for hydroxylation is 1. The van der Waals surface area contributed by atoms with E-state index in [0.29, 0.717) is 17.5 Å². The molecule has 0 radical (unpaired) electrons. The maximum atomic E-state index is 11.2. The van der Waals surface area contributed by atoms with E-state index in [9.17, 15) is 9.90 Å². The number of carboxylic acid groups (broad SMARTS) is 1. The Hall–Kier alpha value is -2.63. The van der Waals surface area contributed by atoms with E-state index in [-0.39, 0.29) is 11.6 Å². The Balaban J connectivity index is 2.28. The third kappa shape index (κ3) is 3.94. The first-order valence-corrected chi connectivity index (χ1v) is 7.21. The summed E-state index contributed by atoms with van der Waals surface area (Å²) in [7, 11) is 0. The maximum Gasteiger partial charge on any atom is 0.337 e. The number of hydrogen-bond donors (Lipinski definition) is 3. The van der Waals surface area contributed by atoms with Crippen LogP contribution in [0.5, 0.6) is 0 Å². The molecule has 0 saturated heterocycles. The van der Waals surface area contributed by atoms with Gasteiger partial charge in [-0.3, -0.25) is 0 Å². The van der Waals surface area contributed by atoms with Gasteiger partial charge in [0.15, 0.2) is 0 Å². The minimum atomic E-state index is -0.980. The summed E-state index contributed by atoms with van der Waals surface area (Å²) in [5.41, 5.74) is 1.51. The first-order chi connectivity index (χ1) is 10.5. The van der Waals surface area contributed by atoms with Crippen molar-refractivity contribution in [1.29, 1.82) is 0 Å². The Kier molecular flexibility index (Phi) is 4.93. The second-order valence-corrected chi connectivity index (χ2v) is 5.15. The molecule has 0 aliphatic carbocycles. The SMILES string of the molecule is CCC(C)Nc1nc(C)cc(Nc2ccccc2C(=O)O)n1. The van der Waals surface area contributed by atoms with Gasteiger partial charge in [-0.2, -0.15) is 4.98 Å². The molecule has 0 aliphatic heterocycles. The van der Waals surface area contributed by atoms with Gasteiger partial charge in [-0.1, -0.05) is 19.1 Å². The molecule has 1 atom stereocenters. The predicted octanol–water partition coefficient (Wildman–Crippen LogP) is 3.44. The van der Waals surface area contributed by atoms with Crippen molar-refractivity contribution in [2.24, 2.45) is 0 Å². The van der Waals surface area contributed by atoms with Crippen LogP contribution >= 0.6 is 0 Å². The molecule has 0 saturated carbocycles. The Bertz CT molecular complexity index is 673. The van der Waals surface area contributed by atoms with Gasteiger partial charge in [-0.15, -0.1) is 0 Å². The van der Waals surface area contributed by atoms with Gasteiger partial charge in [0.1, 0.15) is 5.82 Å². The molecule has 116 valence electrons. The molecule has 6 nitrogen and oxygen atoms in total. The number of nitrogens with zero attached hydrogens (tertiary/aromatic N) is 2. The van der Waals surface area contributed by atoms with Crippen molar-refractivity contribution < 1.29 is 9.90 Å². The van der Waals surface area contributed by atoms with E-state index in [0.717, 1.165) is 12.1 Å². The molecule has 1 heterocycles. The molecule has 2 rings (SSSR count). The molecular formula is C16H20N4O2. The van der Waals surface area contributed by atoms with Crippen LogP contribution in [0.25, 0.3) is 0 Å². The molecule has 22 heavy (non-hydrogen) atoms. The zero-order chi connectivity index (χ0) is 16.1. The molecule has 2 aromatic rings. The Labute approximate surface area is 129 Å². The normalized spacial score (nSPS) is 11.8. The van der Waals surface area contributed by atoms with Crippen molar-refractivity contribution >= 4 is 23.4 Å². The van der Waals surface area contributed by atoms with Crippen LogP contribution in [0.3, 0.4) is 0 Å². The summed E-state index contributed by atoms with van der Waals surface area (Å²) in [4.78, 5) is 20.0. The van der Waals surface area contributed by atoms with Gasteiger partial charge in [0.05, 0.1) is 11.3 Å². The van der Waals surface area contributed by atoms with Crippen LogP contribution in [0.1, 0.15) is 36.3 Å². The Morgan fingerprint density at radius 3 is 2.73 bits per heavy atom. The largest absolute Gasteiger partial charge is 0.478 e. The van der Waals surface area contributed by atoms with Crippen LogP contribution in [-0.2, 0) is 0 Å². The third-order valence-electron chi connectivity index (χ3n) is 3.26. The summed E-state index contributed by atoms with van der Waals surface area (Å²) in [6.07, 6.45) is 0.960. The number of carboxylic acids is 1. The fourth-order valence-corrected chi connectivity index (χ4v) is 1.94. The molecule has 0 bridgehead atoms. The van der Waals surface area contributed by atoms with Gasteiger partial charge in [0.25, 0.3) is 0 Å². The van der Waals surface area contributed by atoms with E-state index < -0.39 is 5.97 Å². The van der Waals surface area contributed by atoms with E-state index in [1.807, 2.05) is 6.92 Å². The third-order valence-corrected chi connectivity index (χ3v) is 3.26. The molecule has 1 aromatic heterocycles. The monoisotopic (exact) mass is 300 g/mol. The Morgan fingerprint density at radius 2 is 2.05 bits per heavy atom. The van der Waals surface area contributed by atoms with E-state index >= 15 is 0 Å². The number of hydrogen-bond acceptors (Lipinski definition) is 5. The zero-order valence-electron chi connectivity index (χ0n) is 12.9. The second-order valence-electron chi connectivity index (χ2n) is 5.15. The lowest BCUT2D eigenvalue weighted by Crippen LogP contribution is -2.16. The van der Waals surface area contributed by atoms with Crippen LogP contribution in [0.4, 0.5) is 17.5 Å². The fourth-order valence-electron chi connectivity index (χ4n) is 1.94. The predicted molar refractivity (Wildman–Crippen MR) is 86.8 cm³/mol. The highest BCUT2D eigenvalue weighted by Crippen LogP contribution is 2.21. The summed E-state index contributed by atoms with van der Waals surface area (Å²) in [6, 6.07) is 8.78. The van der Waals surface area contributed by atoms with E-state index in [1.54, 1.807) is 30.3 Å². The number of nitrogens with one attached hydrogen (secondary N) is 2. The van der Waals surface area contributed by atoms with Crippen LogP contribution in [-0.4, -0.2) is 27.1 Å². The smallest absolute Gasteiger partial charge is 0.337 e. The number of para-hydroxylation sites is 1. The highest BCUT2D eigenvalue weighted by molar-refractivity contribution is 5.95. The van der Waals surface area contributed by atoms with Crippen LogP contribution in [0, 0.1) is 6.92 Å². The summed E-state index contributed by atoms with van der Waals surface area (Å²) in [6.45, 7) is 6.01. The summed E-state index contributed by atoms with van der Waals surface area (Å²) >= 11 is 0. The highest BCUT2D eigenvalue weighted by Gasteiger charge is 2.11. The van der Waals surface area contributed by atoms with Crippen molar-refractivity contribution in [3.8, 4) is 0 Å². The van der Waals surface area contributed by atoms with Gasteiger partial charge >= 0.3 is 5.97 Å². The van der Waals surface area contributed by atoms with Crippen molar-refractivity contribution in [1.82, 2.24) is 9.97 Å². The minimum Gasteiger partial charge on any atom is -0.478 e. The number of benzene rings is 1. The number of rotatable bonds is 6. The quantitative estimate of drug-likeness (QED) is 0.757. The van der Waals surface area contributed by atoms with Gasteiger partial charge in [-0.25, -0.2) is 9.78 Å². The standard InChI is InChI=1S/C16H20N4O2/c1-4-10(2)17-16-18-11(3)9-14(20-16)19-13-8-6-5-7-12(13)15(21)22/h5-10H,4H2,1-3H3,(H,21,22)(H2,17,18,19,20). The highest BCUT2D eigenvalue weighted by atomic mass is 16.4. The van der Waals surface area contributed by atoms with E-state index in [1.165, 1.54) is 0 Å². The summed E-state index contributed by atoms with van der Waals surface area (Å²) in [5.74, 6) is 0.114. The van der Waals surface area contributed by atoms with Gasteiger partial charge in [-0.05, 0) is 32.4 Å². The van der Waals surface area contributed by atoms with Crippen molar-refractivity contribution in [2.45, 2.75) is 33.2 Å². The average Bonchev–Trinajstić information content (AvgIpc) is 2.46. The summed E-state index contributed by atoms with van der Waals surface area (Å²) < 4.78 is 0. The molecule has 0 aliphatic rings. The summed E-state index contributed by atoms with van der Waals surface area (Å²) in [5, 5.41) is 15.5. The number of carbonyl (C=O) groups is 1. The lowest BCUT2D eigenvalue weighted by atomic mass is 10.2.